The second-order valence-electron chi connectivity index (χ2n) is 12.5. The highest BCUT2D eigenvalue weighted by Gasteiger charge is 2.32. The third-order valence-electron chi connectivity index (χ3n) is 8.59. The lowest BCUT2D eigenvalue weighted by Crippen LogP contribution is -2.09. The van der Waals surface area contributed by atoms with Gasteiger partial charge in [-0.3, -0.25) is 9.13 Å². The van der Waals surface area contributed by atoms with E-state index in [1.807, 2.05) is 13.8 Å². The van der Waals surface area contributed by atoms with Crippen LogP contribution in [0.5, 0.6) is 23.0 Å². The minimum Gasteiger partial charge on any atom is -0.507 e. The molecule has 0 aliphatic heterocycles. The highest BCUT2D eigenvalue weighted by atomic mass is 31.2. The van der Waals surface area contributed by atoms with E-state index in [0.717, 1.165) is 0 Å². The van der Waals surface area contributed by atoms with Crippen LogP contribution >= 0.6 is 15.2 Å². The van der Waals surface area contributed by atoms with Crippen molar-refractivity contribution < 1.29 is 58.6 Å². The highest BCUT2D eigenvalue weighted by Crippen LogP contribution is 2.52. The SMILES string of the molecule is CCCOc1c2cccc1Cc1cc([C@H](O)P(=O)(O)O)cc(c1O)Cc1cccc(c1OCCC)Cc1cc([C@H](O)P(=O)(O)O)cc(c1O)C2. The predicted octanol–water partition coefficient (Wildman–Crippen LogP) is 5.69. The van der Waals surface area contributed by atoms with Gasteiger partial charge in [-0.05, 0) is 92.7 Å². The van der Waals surface area contributed by atoms with Crippen LogP contribution in [0.25, 0.3) is 0 Å². The molecule has 1 aliphatic rings. The number of aliphatic hydroxyl groups is 2. The molecule has 2 atom stereocenters. The Morgan fingerprint density at radius 1 is 0.560 bits per heavy atom. The highest BCUT2D eigenvalue weighted by molar-refractivity contribution is 7.52. The molecular formula is C36H42O12P2. The number of rotatable bonds is 10. The van der Waals surface area contributed by atoms with Crippen molar-refractivity contribution in [1.82, 2.24) is 0 Å². The lowest BCUT2D eigenvalue weighted by atomic mass is 9.90. The number of hydrogen-bond acceptors (Lipinski definition) is 8. The first-order valence-corrected chi connectivity index (χ1v) is 19.6. The maximum Gasteiger partial charge on any atom is 0.358 e. The van der Waals surface area contributed by atoms with Gasteiger partial charge >= 0.3 is 15.2 Å². The molecule has 0 radical (unpaired) electrons. The number of aromatic hydroxyl groups is 2. The maximum atomic E-state index is 12.2. The van der Waals surface area contributed by atoms with E-state index in [-0.39, 0.29) is 70.6 Å². The van der Waals surface area contributed by atoms with E-state index >= 15 is 0 Å². The smallest absolute Gasteiger partial charge is 0.358 e. The van der Waals surface area contributed by atoms with Gasteiger partial charge in [0.05, 0.1) is 13.2 Å². The normalized spacial score (nSPS) is 14.6. The van der Waals surface area contributed by atoms with Crippen LogP contribution in [0.3, 0.4) is 0 Å². The zero-order valence-electron chi connectivity index (χ0n) is 27.7. The Hall–Kier alpha value is -3.70. The first-order valence-electron chi connectivity index (χ1n) is 16.2. The molecule has 0 aromatic heterocycles. The van der Waals surface area contributed by atoms with Gasteiger partial charge in [0.15, 0.2) is 11.7 Å². The van der Waals surface area contributed by atoms with Crippen molar-refractivity contribution in [2.75, 3.05) is 13.2 Å². The van der Waals surface area contributed by atoms with Crippen LogP contribution in [0.2, 0.25) is 0 Å². The van der Waals surface area contributed by atoms with Crippen LogP contribution in [-0.4, -0.2) is 53.2 Å². The van der Waals surface area contributed by atoms with E-state index in [2.05, 4.69) is 0 Å². The number of para-hydroxylation sites is 2. The van der Waals surface area contributed by atoms with Crippen molar-refractivity contribution in [1.29, 1.82) is 0 Å². The van der Waals surface area contributed by atoms with Gasteiger partial charge in [-0.15, -0.1) is 0 Å². The Balaban J connectivity index is 1.82. The molecule has 0 saturated heterocycles. The van der Waals surface area contributed by atoms with Gasteiger partial charge < -0.3 is 49.5 Å². The molecular weight excluding hydrogens is 686 g/mol. The Labute approximate surface area is 289 Å². The van der Waals surface area contributed by atoms with E-state index in [4.69, 9.17) is 9.47 Å². The summed E-state index contributed by atoms with van der Waals surface area (Å²) in [5.41, 5.74) is 3.33. The molecule has 0 heterocycles. The third-order valence-corrected chi connectivity index (χ3v) is 10.5. The molecule has 12 nitrogen and oxygen atoms in total. The van der Waals surface area contributed by atoms with Crippen LogP contribution in [0.4, 0.5) is 0 Å². The molecule has 8 N–H and O–H groups in total. The molecule has 1 aliphatic carbocycles. The van der Waals surface area contributed by atoms with Crippen molar-refractivity contribution in [3.8, 4) is 23.0 Å². The van der Waals surface area contributed by atoms with E-state index < -0.39 is 26.9 Å². The summed E-state index contributed by atoms with van der Waals surface area (Å²) in [6.07, 6.45) is 1.41. The fourth-order valence-corrected chi connectivity index (χ4v) is 7.31. The van der Waals surface area contributed by atoms with Gasteiger partial charge in [0.25, 0.3) is 0 Å². The van der Waals surface area contributed by atoms with Gasteiger partial charge in [0.2, 0.25) is 0 Å². The van der Waals surface area contributed by atoms with Crippen LogP contribution in [0.1, 0.15) is 94.0 Å². The number of ether oxygens (including phenoxy) is 2. The fourth-order valence-electron chi connectivity index (χ4n) is 6.23. The molecule has 5 rings (SSSR count). The summed E-state index contributed by atoms with van der Waals surface area (Å²) in [5, 5.41) is 44.8. The predicted molar refractivity (Wildman–Crippen MR) is 186 cm³/mol. The third kappa shape index (κ3) is 8.26. The van der Waals surface area contributed by atoms with Crippen LogP contribution in [0, 0.1) is 0 Å². The number of benzene rings is 4. The summed E-state index contributed by atoms with van der Waals surface area (Å²) >= 11 is 0. The summed E-state index contributed by atoms with van der Waals surface area (Å²) in [5.74, 6) is -3.69. The molecule has 0 amide bonds. The molecule has 0 spiro atoms. The number of phenols is 2. The molecule has 268 valence electrons. The lowest BCUT2D eigenvalue weighted by molar-refractivity contribution is 0.205. The summed E-state index contributed by atoms with van der Waals surface area (Å²) in [6, 6.07) is 16.0. The zero-order valence-corrected chi connectivity index (χ0v) is 29.5. The number of fused-ring (bicyclic) bond motifs is 8. The maximum absolute atomic E-state index is 12.2. The number of hydrogen-bond donors (Lipinski definition) is 8. The second-order valence-corrected chi connectivity index (χ2v) is 15.9. The second kappa shape index (κ2) is 15.3. The average Bonchev–Trinajstić information content (AvgIpc) is 3.05. The van der Waals surface area contributed by atoms with E-state index in [1.165, 1.54) is 24.3 Å². The van der Waals surface area contributed by atoms with Crippen molar-refractivity contribution in [2.24, 2.45) is 0 Å². The van der Waals surface area contributed by atoms with Gasteiger partial charge in [-0.25, -0.2) is 0 Å². The van der Waals surface area contributed by atoms with Gasteiger partial charge in [-0.1, -0.05) is 50.2 Å². The van der Waals surface area contributed by atoms with E-state index in [9.17, 15) is 49.1 Å². The first kappa shape index (κ1) is 37.6. The summed E-state index contributed by atoms with van der Waals surface area (Å²) < 4.78 is 36.8. The monoisotopic (exact) mass is 728 g/mol. The van der Waals surface area contributed by atoms with Crippen LogP contribution in [-0.2, 0) is 34.8 Å². The van der Waals surface area contributed by atoms with Gasteiger partial charge in [-0.2, -0.15) is 0 Å². The molecule has 50 heavy (non-hydrogen) atoms. The molecule has 0 unspecified atom stereocenters. The van der Waals surface area contributed by atoms with Gasteiger partial charge in [0, 0.05) is 25.7 Å². The van der Waals surface area contributed by atoms with E-state index in [1.54, 1.807) is 36.4 Å². The van der Waals surface area contributed by atoms with Crippen molar-refractivity contribution in [2.45, 2.75) is 64.1 Å². The Morgan fingerprint density at radius 3 is 1.08 bits per heavy atom. The summed E-state index contributed by atoms with van der Waals surface area (Å²) in [6.45, 7) is 4.46. The largest absolute Gasteiger partial charge is 0.507 e. The topological polar surface area (TPSA) is 214 Å². The molecule has 4 aromatic rings. The quantitative estimate of drug-likeness (QED) is 0.0815. The minimum absolute atomic E-state index is 0.0286. The Morgan fingerprint density at radius 2 is 0.840 bits per heavy atom. The van der Waals surface area contributed by atoms with Gasteiger partial charge in [0.1, 0.15) is 23.0 Å². The average molecular weight is 729 g/mol. The standard InChI is InChI=1S/C36H42O12P2/c1-3-11-47-33-21-7-5-8-22(33)14-26-18-30(36(40)50(44,45)46)20-28(32(26)38)16-24-10-6-9-23(34(24)48-12-4-2)15-27-19-29(35(39)49(41,42)43)17-25(13-21)31(27)37/h5-10,17-20,35-40H,3-4,11-16H2,1-2H3,(H2,41,42,43)(H2,44,45,46)/t35-,36-/m1/s1. The number of aliphatic hydroxyl groups excluding tert-OH is 2. The Kier molecular flexibility index (Phi) is 11.5. The molecule has 8 bridgehead atoms. The number of phenolic OH excluding ortho intramolecular Hbond substituents is 2. The first-order chi connectivity index (χ1) is 23.6. The fraction of sp³-hybridized carbons (Fsp3) is 0.333. The molecule has 0 saturated carbocycles. The summed E-state index contributed by atoms with van der Waals surface area (Å²) in [4.78, 5) is 39.5. The van der Waals surface area contributed by atoms with Crippen LogP contribution < -0.4 is 9.47 Å². The molecule has 0 fully saturated rings. The van der Waals surface area contributed by atoms with E-state index in [0.29, 0.717) is 59.8 Å². The van der Waals surface area contributed by atoms with Crippen molar-refractivity contribution in [3.05, 3.63) is 116 Å². The molecule has 4 aromatic carbocycles. The summed E-state index contributed by atoms with van der Waals surface area (Å²) in [7, 11) is -9.98. The van der Waals surface area contributed by atoms with Crippen molar-refractivity contribution in [3.63, 3.8) is 0 Å². The minimum atomic E-state index is -4.99. The molecule has 14 heteroatoms. The Bertz CT molecular complexity index is 1730. The zero-order chi connectivity index (χ0) is 36.4. The van der Waals surface area contributed by atoms with Crippen molar-refractivity contribution >= 4 is 15.2 Å². The lowest BCUT2D eigenvalue weighted by Gasteiger charge is -2.22. The van der Waals surface area contributed by atoms with Crippen LogP contribution in [0.15, 0.2) is 60.7 Å².